The van der Waals surface area contributed by atoms with Crippen LogP contribution in [0, 0.1) is 0 Å². The summed E-state index contributed by atoms with van der Waals surface area (Å²) in [6.07, 6.45) is 0.651. The summed E-state index contributed by atoms with van der Waals surface area (Å²) in [5.74, 6) is -2.28. The number of aromatic nitrogens is 1. The van der Waals surface area contributed by atoms with Gasteiger partial charge in [-0.15, -0.1) is 0 Å². The van der Waals surface area contributed by atoms with Crippen molar-refractivity contribution < 1.29 is 19.8 Å². The van der Waals surface area contributed by atoms with E-state index < -0.39 is 17.4 Å². The lowest BCUT2D eigenvalue weighted by Gasteiger charge is -2.14. The Morgan fingerprint density at radius 3 is 2.67 bits per heavy atom. The maximum Gasteiger partial charge on any atom is 0.335 e. The predicted molar refractivity (Wildman–Crippen MR) is 99.6 cm³/mol. The molecule has 1 aliphatic heterocycles. The first-order valence-electron chi connectivity index (χ1n) is 8.42. The molecule has 3 aromatic rings. The van der Waals surface area contributed by atoms with E-state index in [9.17, 15) is 19.5 Å². The van der Waals surface area contributed by atoms with Crippen LogP contribution in [0.2, 0.25) is 0 Å². The second-order valence-electron chi connectivity index (χ2n) is 6.61. The molecule has 0 spiro atoms. The molecule has 0 bridgehead atoms. The van der Waals surface area contributed by atoms with E-state index in [1.54, 1.807) is 12.1 Å². The van der Waals surface area contributed by atoms with Gasteiger partial charge in [-0.3, -0.25) is 9.59 Å². The van der Waals surface area contributed by atoms with Crippen molar-refractivity contribution in [1.29, 1.82) is 0 Å². The molecule has 7 nitrogen and oxygen atoms in total. The van der Waals surface area contributed by atoms with Crippen LogP contribution in [0.25, 0.3) is 10.9 Å². The summed E-state index contributed by atoms with van der Waals surface area (Å²) in [6.45, 7) is 1.88. The number of benzene rings is 2. The van der Waals surface area contributed by atoms with Crippen molar-refractivity contribution in [3.8, 4) is 5.75 Å². The number of para-hydroxylation sites is 1. The van der Waals surface area contributed by atoms with E-state index in [2.05, 4.69) is 5.32 Å². The molecule has 0 saturated heterocycles. The van der Waals surface area contributed by atoms with Crippen LogP contribution in [0.15, 0.2) is 47.3 Å². The third kappa shape index (κ3) is 2.55. The number of hydrogen-bond acceptors (Lipinski definition) is 4. The number of hydrogen-bond donors (Lipinski definition) is 3. The van der Waals surface area contributed by atoms with E-state index in [1.165, 1.54) is 28.8 Å². The van der Waals surface area contributed by atoms with Gasteiger partial charge in [0.25, 0.3) is 11.5 Å². The zero-order valence-electron chi connectivity index (χ0n) is 14.4. The summed E-state index contributed by atoms with van der Waals surface area (Å²) in [7, 11) is 0. The molecule has 27 heavy (non-hydrogen) atoms. The van der Waals surface area contributed by atoms with Crippen molar-refractivity contribution in [3.05, 3.63) is 69.5 Å². The molecular formula is C20H16N2O5. The fourth-order valence-electron chi connectivity index (χ4n) is 3.65. The Labute approximate surface area is 153 Å². The van der Waals surface area contributed by atoms with E-state index in [0.717, 1.165) is 5.56 Å². The standard InChI is InChI=1S/C20H16N2O5/c1-10-8-11-4-3-7-14-16(11)22(10)19(25)15(17(14)23)18(24)21-13-6-2-5-12(9-13)20(26)27/h2-7,9-10,23H,8H2,1H3,(H,21,24)(H,26,27)/t10-/m0/s1. The first kappa shape index (κ1) is 16.8. The van der Waals surface area contributed by atoms with Crippen LogP contribution in [0.5, 0.6) is 5.75 Å². The Kier molecular flexibility index (Phi) is 3.73. The van der Waals surface area contributed by atoms with Crippen LogP contribution >= 0.6 is 0 Å². The molecule has 0 unspecified atom stereocenters. The fraction of sp³-hybridized carbons (Fsp3) is 0.150. The largest absolute Gasteiger partial charge is 0.506 e. The van der Waals surface area contributed by atoms with E-state index in [-0.39, 0.29) is 28.6 Å². The number of carbonyl (C=O) groups is 2. The Bertz CT molecular complexity index is 1180. The second-order valence-corrected chi connectivity index (χ2v) is 6.61. The SMILES string of the molecule is C[C@H]1Cc2cccc3c(O)c(C(=O)Nc4cccc(C(=O)O)c4)c(=O)n1c23. The number of amides is 1. The van der Waals surface area contributed by atoms with E-state index >= 15 is 0 Å². The Hall–Kier alpha value is -3.61. The van der Waals surface area contributed by atoms with Crippen LogP contribution in [-0.2, 0) is 6.42 Å². The molecule has 0 radical (unpaired) electrons. The van der Waals surface area contributed by atoms with Gasteiger partial charge in [0.05, 0.1) is 11.1 Å². The summed E-state index contributed by atoms with van der Waals surface area (Å²) in [5, 5.41) is 22.6. The number of carboxylic acid groups (broad SMARTS) is 1. The quantitative estimate of drug-likeness (QED) is 0.662. The summed E-state index contributed by atoms with van der Waals surface area (Å²) < 4.78 is 1.53. The average Bonchev–Trinajstić information content (AvgIpc) is 2.97. The van der Waals surface area contributed by atoms with E-state index in [4.69, 9.17) is 5.11 Å². The highest BCUT2D eigenvalue weighted by molar-refractivity contribution is 6.09. The predicted octanol–water partition coefficient (Wildman–Crippen LogP) is 2.77. The monoisotopic (exact) mass is 364 g/mol. The molecule has 0 saturated carbocycles. The molecule has 1 aromatic heterocycles. The molecule has 1 amide bonds. The Morgan fingerprint density at radius 1 is 1.19 bits per heavy atom. The maximum atomic E-state index is 12.9. The van der Waals surface area contributed by atoms with Crippen LogP contribution in [0.4, 0.5) is 5.69 Å². The highest BCUT2D eigenvalue weighted by Gasteiger charge is 2.29. The third-order valence-electron chi connectivity index (χ3n) is 4.84. The van der Waals surface area contributed by atoms with Gasteiger partial charge in [0.15, 0.2) is 0 Å². The number of aromatic carboxylic acids is 1. The second kappa shape index (κ2) is 5.98. The Morgan fingerprint density at radius 2 is 1.93 bits per heavy atom. The molecule has 2 heterocycles. The van der Waals surface area contributed by atoms with Crippen molar-refractivity contribution in [2.45, 2.75) is 19.4 Å². The summed E-state index contributed by atoms with van der Waals surface area (Å²) >= 11 is 0. The molecule has 1 aliphatic rings. The van der Waals surface area contributed by atoms with Crippen molar-refractivity contribution >= 4 is 28.5 Å². The lowest BCUT2D eigenvalue weighted by atomic mass is 10.1. The van der Waals surface area contributed by atoms with Crippen molar-refractivity contribution in [3.63, 3.8) is 0 Å². The highest BCUT2D eigenvalue weighted by Crippen LogP contribution is 2.36. The minimum atomic E-state index is -1.13. The van der Waals surface area contributed by atoms with Gasteiger partial charge in [-0.25, -0.2) is 4.79 Å². The highest BCUT2D eigenvalue weighted by atomic mass is 16.4. The summed E-state index contributed by atoms with van der Waals surface area (Å²) in [4.78, 5) is 36.8. The third-order valence-corrected chi connectivity index (χ3v) is 4.84. The van der Waals surface area contributed by atoms with Gasteiger partial charge >= 0.3 is 5.97 Å². The smallest absolute Gasteiger partial charge is 0.335 e. The summed E-state index contributed by atoms with van der Waals surface area (Å²) in [6, 6.07) is 10.9. The fourth-order valence-corrected chi connectivity index (χ4v) is 3.65. The lowest BCUT2D eigenvalue weighted by molar-refractivity contribution is 0.0696. The summed E-state index contributed by atoms with van der Waals surface area (Å²) in [5.41, 5.74) is 0.912. The van der Waals surface area contributed by atoms with Gasteiger partial charge in [0.1, 0.15) is 11.3 Å². The van der Waals surface area contributed by atoms with Crippen LogP contribution in [-0.4, -0.2) is 26.7 Å². The van der Waals surface area contributed by atoms with Gasteiger partial charge in [0, 0.05) is 17.1 Å². The first-order valence-corrected chi connectivity index (χ1v) is 8.42. The molecule has 136 valence electrons. The molecule has 7 heteroatoms. The van der Waals surface area contributed by atoms with Gasteiger partial charge < -0.3 is 20.1 Å². The van der Waals surface area contributed by atoms with Crippen LogP contribution in [0.1, 0.15) is 39.2 Å². The van der Waals surface area contributed by atoms with Crippen LogP contribution in [0.3, 0.4) is 0 Å². The molecule has 0 fully saturated rings. The maximum absolute atomic E-state index is 12.9. The number of aromatic hydroxyl groups is 1. The van der Waals surface area contributed by atoms with Crippen LogP contribution < -0.4 is 10.9 Å². The lowest BCUT2D eigenvalue weighted by Crippen LogP contribution is -2.30. The normalized spacial score (nSPS) is 15.1. The van der Waals surface area contributed by atoms with E-state index in [1.807, 2.05) is 13.0 Å². The number of nitrogens with zero attached hydrogens (tertiary/aromatic N) is 1. The minimum absolute atomic E-state index is 0.00382. The number of carbonyl (C=O) groups excluding carboxylic acids is 1. The molecular weight excluding hydrogens is 348 g/mol. The molecule has 1 atom stereocenters. The number of nitrogens with one attached hydrogen (secondary N) is 1. The van der Waals surface area contributed by atoms with Gasteiger partial charge in [0.2, 0.25) is 0 Å². The number of carboxylic acids is 1. The topological polar surface area (TPSA) is 109 Å². The molecule has 0 aliphatic carbocycles. The number of anilines is 1. The average molecular weight is 364 g/mol. The minimum Gasteiger partial charge on any atom is -0.506 e. The van der Waals surface area contributed by atoms with Crippen molar-refractivity contribution in [2.24, 2.45) is 0 Å². The zero-order chi connectivity index (χ0) is 19.3. The van der Waals surface area contributed by atoms with E-state index in [0.29, 0.717) is 17.3 Å². The Balaban J connectivity index is 1.84. The van der Waals surface area contributed by atoms with Gasteiger partial charge in [-0.2, -0.15) is 0 Å². The van der Waals surface area contributed by atoms with Crippen molar-refractivity contribution in [2.75, 3.05) is 5.32 Å². The first-order chi connectivity index (χ1) is 12.9. The van der Waals surface area contributed by atoms with Gasteiger partial charge in [-0.1, -0.05) is 18.2 Å². The molecule has 2 aromatic carbocycles. The van der Waals surface area contributed by atoms with Crippen molar-refractivity contribution in [1.82, 2.24) is 4.57 Å². The number of rotatable bonds is 3. The number of pyridine rings is 1. The molecule has 3 N–H and O–H groups in total. The molecule has 4 rings (SSSR count). The zero-order valence-corrected chi connectivity index (χ0v) is 14.4. The van der Waals surface area contributed by atoms with Gasteiger partial charge in [-0.05, 0) is 43.2 Å².